The van der Waals surface area contributed by atoms with E-state index in [1.807, 2.05) is 0 Å². The number of anilines is 1. The van der Waals surface area contributed by atoms with E-state index in [0.29, 0.717) is 47.3 Å². The zero-order valence-corrected chi connectivity index (χ0v) is 20.1. The van der Waals surface area contributed by atoms with E-state index >= 15 is 0 Å². The Morgan fingerprint density at radius 3 is 2.75 bits per heavy atom. The number of pyridine rings is 1. The number of H-pyrrole nitrogens is 1. The number of ether oxygens (including phenoxy) is 1. The summed E-state index contributed by atoms with van der Waals surface area (Å²) in [7, 11) is 0. The fourth-order valence-corrected chi connectivity index (χ4v) is 7.29. The van der Waals surface area contributed by atoms with E-state index in [9.17, 15) is 9.90 Å². The molecule has 0 aromatic carbocycles. The number of amides is 1. The standard InChI is InChI=1S/C25H31N7O4/c33-23(27-10-13-1-3-35-4-2-13)24-31-21(32-36-24)17-11-26-22-20(28-12-29-22)19(17)30-18-15-5-14-6-16(18)9-25(34,7-14)8-15/h11-16,18,34H,1-10H2,(H,27,33)(H2,26,28,29,30)/t14?,15-,16+,18?,25?. The van der Waals surface area contributed by atoms with E-state index in [2.05, 4.69) is 35.7 Å². The van der Waals surface area contributed by atoms with Gasteiger partial charge >= 0.3 is 11.8 Å². The summed E-state index contributed by atoms with van der Waals surface area (Å²) in [5.74, 6) is 1.71. The molecule has 1 saturated heterocycles. The molecule has 11 heteroatoms. The molecule has 0 spiro atoms. The molecule has 4 saturated carbocycles. The molecular formula is C25H31N7O4. The number of nitrogens with zero attached hydrogens (tertiary/aromatic N) is 4. The van der Waals surface area contributed by atoms with Gasteiger partial charge in [0.05, 0.1) is 23.2 Å². The Bertz CT molecular complexity index is 1270. The van der Waals surface area contributed by atoms with Crippen LogP contribution in [-0.4, -0.2) is 67.5 Å². The zero-order chi connectivity index (χ0) is 24.3. The fourth-order valence-electron chi connectivity index (χ4n) is 7.29. The van der Waals surface area contributed by atoms with E-state index < -0.39 is 5.60 Å². The molecule has 4 aliphatic carbocycles. The molecule has 3 aromatic heterocycles. The number of rotatable bonds is 6. The lowest BCUT2D eigenvalue weighted by atomic mass is 9.52. The molecule has 4 N–H and O–H groups in total. The van der Waals surface area contributed by atoms with E-state index in [4.69, 9.17) is 9.26 Å². The average Bonchev–Trinajstić information content (AvgIpc) is 3.54. The van der Waals surface area contributed by atoms with E-state index in [1.165, 1.54) is 0 Å². The predicted molar refractivity (Wildman–Crippen MR) is 129 cm³/mol. The van der Waals surface area contributed by atoms with Gasteiger partial charge in [0.25, 0.3) is 0 Å². The van der Waals surface area contributed by atoms with Crippen LogP contribution in [0.4, 0.5) is 5.69 Å². The summed E-state index contributed by atoms with van der Waals surface area (Å²) < 4.78 is 10.7. The highest BCUT2D eigenvalue weighted by molar-refractivity contribution is 5.95. The first-order valence-electron chi connectivity index (χ1n) is 13.1. The van der Waals surface area contributed by atoms with Crippen molar-refractivity contribution in [1.82, 2.24) is 30.4 Å². The van der Waals surface area contributed by atoms with Crippen LogP contribution < -0.4 is 10.6 Å². The number of hydrogen-bond acceptors (Lipinski definition) is 9. The molecule has 1 aliphatic heterocycles. The van der Waals surface area contributed by atoms with E-state index in [1.54, 1.807) is 12.5 Å². The summed E-state index contributed by atoms with van der Waals surface area (Å²) in [4.78, 5) is 29.1. The SMILES string of the molecule is O=C(NCC1CCOCC1)c1nc(-c2cnc3nc[nH]c3c2NC2[C@@H]3CC4C[C@H]2CC(O)(C4)C3)no1. The summed E-state index contributed by atoms with van der Waals surface area (Å²) in [5, 5.41) is 21.8. The van der Waals surface area contributed by atoms with Gasteiger partial charge in [0.1, 0.15) is 5.52 Å². The smallest absolute Gasteiger partial charge is 0.316 e. The number of nitrogens with one attached hydrogen (secondary N) is 3. The number of carbonyl (C=O) groups is 1. The lowest BCUT2D eigenvalue weighted by molar-refractivity contribution is -0.129. The first kappa shape index (κ1) is 22.2. The van der Waals surface area contributed by atoms with Gasteiger partial charge in [-0.15, -0.1) is 0 Å². The molecule has 190 valence electrons. The van der Waals surface area contributed by atoms with Crippen molar-refractivity contribution in [2.24, 2.45) is 23.7 Å². The summed E-state index contributed by atoms with van der Waals surface area (Å²) in [6, 6.07) is 0.239. The van der Waals surface area contributed by atoms with Crippen molar-refractivity contribution in [1.29, 1.82) is 0 Å². The number of aliphatic hydroxyl groups is 1. The van der Waals surface area contributed by atoms with Gasteiger partial charge in [-0.3, -0.25) is 4.79 Å². The van der Waals surface area contributed by atoms with Crippen molar-refractivity contribution < 1.29 is 19.2 Å². The molecule has 5 fully saturated rings. The molecule has 1 amide bonds. The minimum atomic E-state index is -0.500. The van der Waals surface area contributed by atoms with Crippen LogP contribution in [0, 0.1) is 23.7 Å². The van der Waals surface area contributed by atoms with Crippen molar-refractivity contribution in [3.8, 4) is 11.4 Å². The highest BCUT2D eigenvalue weighted by Crippen LogP contribution is 2.56. The fraction of sp³-hybridized carbons (Fsp3) is 0.640. The Morgan fingerprint density at radius 2 is 1.97 bits per heavy atom. The van der Waals surface area contributed by atoms with Gasteiger partial charge in [0.15, 0.2) is 5.65 Å². The van der Waals surface area contributed by atoms with Crippen LogP contribution in [0.2, 0.25) is 0 Å². The van der Waals surface area contributed by atoms with Crippen molar-refractivity contribution in [2.45, 2.75) is 56.6 Å². The third-order valence-electron chi connectivity index (χ3n) is 8.76. The highest BCUT2D eigenvalue weighted by atomic mass is 16.5. The molecule has 4 bridgehead atoms. The van der Waals surface area contributed by atoms with Crippen LogP contribution in [0.1, 0.15) is 55.6 Å². The van der Waals surface area contributed by atoms with E-state index in [0.717, 1.165) is 69.4 Å². The number of hydrogen-bond donors (Lipinski definition) is 4. The molecule has 3 aromatic rings. The first-order valence-corrected chi connectivity index (χ1v) is 13.1. The predicted octanol–water partition coefficient (Wildman–Crippen LogP) is 2.52. The second kappa shape index (κ2) is 8.52. The van der Waals surface area contributed by atoms with Crippen LogP contribution in [-0.2, 0) is 4.74 Å². The zero-order valence-electron chi connectivity index (χ0n) is 20.1. The van der Waals surface area contributed by atoms with Gasteiger partial charge in [-0.25, -0.2) is 9.97 Å². The maximum atomic E-state index is 12.7. The number of aromatic amines is 1. The number of imidazole rings is 1. The van der Waals surface area contributed by atoms with Crippen molar-refractivity contribution in [3.05, 3.63) is 18.4 Å². The van der Waals surface area contributed by atoms with Gasteiger partial charge in [-0.05, 0) is 68.6 Å². The van der Waals surface area contributed by atoms with Crippen molar-refractivity contribution in [3.63, 3.8) is 0 Å². The Labute approximate surface area is 207 Å². The second-order valence-electron chi connectivity index (χ2n) is 11.2. The normalized spacial score (nSPS) is 31.7. The highest BCUT2D eigenvalue weighted by Gasteiger charge is 2.54. The van der Waals surface area contributed by atoms with Crippen molar-refractivity contribution in [2.75, 3.05) is 25.1 Å². The molecule has 5 atom stereocenters. The Kier molecular flexibility index (Phi) is 5.24. The molecule has 5 aliphatic rings. The lowest BCUT2D eigenvalue weighted by Crippen LogP contribution is -2.59. The third kappa shape index (κ3) is 3.85. The monoisotopic (exact) mass is 493 g/mol. The number of carbonyl (C=O) groups excluding carboxylic acids is 1. The molecule has 3 unspecified atom stereocenters. The number of aromatic nitrogens is 5. The van der Waals surface area contributed by atoms with Gasteiger partial charge in [-0.1, -0.05) is 5.16 Å². The van der Waals surface area contributed by atoms with Gasteiger partial charge in [0, 0.05) is 32.0 Å². The van der Waals surface area contributed by atoms with Gasteiger partial charge < -0.3 is 30.0 Å². The summed E-state index contributed by atoms with van der Waals surface area (Å²) in [6.07, 6.45) is 10.1. The third-order valence-corrected chi connectivity index (χ3v) is 8.76. The Balaban J connectivity index is 1.15. The lowest BCUT2D eigenvalue weighted by Gasteiger charge is -2.58. The molecule has 11 nitrogen and oxygen atoms in total. The summed E-state index contributed by atoms with van der Waals surface area (Å²) in [5.41, 5.74) is 2.35. The first-order chi connectivity index (χ1) is 17.5. The van der Waals surface area contributed by atoms with Crippen molar-refractivity contribution >= 4 is 22.8 Å². The molecule has 4 heterocycles. The molecule has 0 radical (unpaired) electrons. The molecule has 36 heavy (non-hydrogen) atoms. The second-order valence-corrected chi connectivity index (χ2v) is 11.2. The minimum Gasteiger partial charge on any atom is -0.390 e. The maximum Gasteiger partial charge on any atom is 0.316 e. The Hall–Kier alpha value is -3.05. The summed E-state index contributed by atoms with van der Waals surface area (Å²) in [6.45, 7) is 2.02. The Morgan fingerprint density at radius 1 is 1.17 bits per heavy atom. The van der Waals surface area contributed by atoms with Gasteiger partial charge in [-0.2, -0.15) is 4.98 Å². The van der Waals surface area contributed by atoms with Crippen LogP contribution in [0.25, 0.3) is 22.6 Å². The van der Waals surface area contributed by atoms with Gasteiger partial charge in [0.2, 0.25) is 5.82 Å². The largest absolute Gasteiger partial charge is 0.390 e. The van der Waals surface area contributed by atoms with Crippen LogP contribution in [0.15, 0.2) is 17.0 Å². The van der Waals surface area contributed by atoms with E-state index in [-0.39, 0.29) is 17.8 Å². The topological polar surface area (TPSA) is 151 Å². The quantitative estimate of drug-likeness (QED) is 0.406. The van der Waals surface area contributed by atoms with Crippen LogP contribution >= 0.6 is 0 Å². The number of fused-ring (bicyclic) bond motifs is 1. The van der Waals surface area contributed by atoms with Crippen LogP contribution in [0.3, 0.4) is 0 Å². The molecule has 8 rings (SSSR count). The van der Waals surface area contributed by atoms with Crippen LogP contribution in [0.5, 0.6) is 0 Å². The summed E-state index contributed by atoms with van der Waals surface area (Å²) >= 11 is 0. The maximum absolute atomic E-state index is 12.7. The minimum absolute atomic E-state index is 0.0652. The molecular weight excluding hydrogens is 462 g/mol. The average molecular weight is 494 g/mol.